The third-order valence-electron chi connectivity index (χ3n) is 3.48. The van der Waals surface area contributed by atoms with E-state index in [2.05, 4.69) is 20.7 Å². The van der Waals surface area contributed by atoms with Gasteiger partial charge in [0.15, 0.2) is 6.29 Å². The normalized spacial score (nSPS) is 11.0. The highest BCUT2D eigenvalue weighted by molar-refractivity contribution is 9.10. The Morgan fingerprint density at radius 3 is 2.20 bits per heavy atom. The summed E-state index contributed by atoms with van der Waals surface area (Å²) in [5.74, 6) is 0. The Labute approximate surface area is 155 Å². The van der Waals surface area contributed by atoms with Crippen molar-refractivity contribution >= 4 is 43.1 Å². The van der Waals surface area contributed by atoms with E-state index in [4.69, 9.17) is 0 Å². The zero-order valence-corrected chi connectivity index (χ0v) is 16.2. The third-order valence-corrected chi connectivity index (χ3v) is 6.06. The van der Waals surface area contributed by atoms with Gasteiger partial charge in [-0.3, -0.25) is 4.79 Å². The van der Waals surface area contributed by atoms with Crippen molar-refractivity contribution in [2.24, 2.45) is 0 Å². The quantitative estimate of drug-likeness (QED) is 0.592. The molecular weight excluding hydrogens is 406 g/mol. The fraction of sp³-hybridized carbons (Fsp3) is 0.167. The molecule has 0 fully saturated rings. The van der Waals surface area contributed by atoms with Gasteiger partial charge in [0.2, 0.25) is 0 Å². The first-order chi connectivity index (χ1) is 12.0. The van der Waals surface area contributed by atoms with Crippen molar-refractivity contribution in [3.8, 4) is 0 Å². The van der Waals surface area contributed by atoms with Crippen LogP contribution in [0.1, 0.15) is 17.4 Å². The summed E-state index contributed by atoms with van der Waals surface area (Å²) in [6, 6.07) is 15.0. The molecule has 3 rings (SSSR count). The first kappa shape index (κ1) is 19.4. The van der Waals surface area contributed by atoms with Gasteiger partial charge in [0, 0.05) is 19.1 Å². The fourth-order valence-electron chi connectivity index (χ4n) is 2.25. The van der Waals surface area contributed by atoms with Gasteiger partial charge < -0.3 is 4.74 Å². The van der Waals surface area contributed by atoms with Gasteiger partial charge in [0.1, 0.15) is 5.69 Å². The third kappa shape index (κ3) is 3.84. The average Bonchev–Trinajstić information content (AvgIpc) is 2.95. The molecule has 0 radical (unpaired) electrons. The molecule has 0 saturated carbocycles. The maximum atomic E-state index is 12.8. The van der Waals surface area contributed by atoms with Gasteiger partial charge >= 0.3 is 0 Å². The van der Waals surface area contributed by atoms with E-state index in [1.54, 1.807) is 49.6 Å². The van der Waals surface area contributed by atoms with Crippen LogP contribution in [0.3, 0.4) is 0 Å². The lowest BCUT2D eigenvalue weighted by Gasteiger charge is -2.09. The van der Waals surface area contributed by atoms with E-state index in [0.717, 1.165) is 10.6 Å². The molecule has 0 saturated heterocycles. The number of hydrogen-bond donors (Lipinski definition) is 0. The summed E-state index contributed by atoms with van der Waals surface area (Å²) in [7, 11) is -2.15. The average molecular weight is 424 g/mol. The number of para-hydroxylation sites is 1. The molecule has 3 aromatic rings. The summed E-state index contributed by atoms with van der Waals surface area (Å²) >= 11 is 3.31. The molecule has 0 aliphatic rings. The lowest BCUT2D eigenvalue weighted by atomic mass is 10.2. The minimum absolute atomic E-state index is 0.0834. The van der Waals surface area contributed by atoms with Crippen LogP contribution in [0.5, 0.6) is 0 Å². The number of carbonyl (C=O) groups excluding carboxylic acids is 1. The summed E-state index contributed by atoms with van der Waals surface area (Å²) in [6.07, 6.45) is 0.546. The van der Waals surface area contributed by atoms with Crippen molar-refractivity contribution in [2.45, 2.75) is 11.8 Å². The highest BCUT2D eigenvalue weighted by atomic mass is 79.9. The molecule has 0 spiro atoms. The van der Waals surface area contributed by atoms with Crippen molar-refractivity contribution in [3.63, 3.8) is 0 Å². The summed E-state index contributed by atoms with van der Waals surface area (Å²) in [4.78, 5) is 11.5. The van der Waals surface area contributed by atoms with Gasteiger partial charge in [0.05, 0.1) is 14.9 Å². The Morgan fingerprint density at radius 2 is 1.64 bits per heavy atom. The van der Waals surface area contributed by atoms with Crippen LogP contribution in [0, 0.1) is 0 Å². The first-order valence-corrected chi connectivity index (χ1v) is 9.76. The molecule has 0 N–H and O–H groups in total. The van der Waals surface area contributed by atoms with E-state index in [1.165, 1.54) is 12.1 Å². The number of ether oxygens (including phenoxy) is 1. The van der Waals surface area contributed by atoms with E-state index in [0.29, 0.717) is 21.7 Å². The van der Waals surface area contributed by atoms with Crippen LogP contribution >= 0.6 is 15.9 Å². The van der Waals surface area contributed by atoms with Crippen molar-refractivity contribution < 1.29 is 17.9 Å². The second kappa shape index (κ2) is 8.42. The Bertz CT molecular complexity index is 963. The molecule has 0 atom stereocenters. The molecule has 5 nitrogen and oxygen atoms in total. The standard InChI is InChI=1S/C15H10BrNO3S.C3H8O/c16-15-12-8-4-5-9-13(12)17(14(15)10-18)21(19,20)11-6-2-1-3-7-11;1-3-4-2/h1-10H;3H2,1-2H3. The number of aldehydes is 1. The summed E-state index contributed by atoms with van der Waals surface area (Å²) in [6.45, 7) is 2.78. The van der Waals surface area contributed by atoms with Crippen molar-refractivity contribution in [2.75, 3.05) is 13.7 Å². The highest BCUT2D eigenvalue weighted by Crippen LogP contribution is 2.32. The van der Waals surface area contributed by atoms with Gasteiger partial charge in [-0.15, -0.1) is 0 Å². The molecule has 0 bridgehead atoms. The van der Waals surface area contributed by atoms with Crippen molar-refractivity contribution in [1.82, 2.24) is 3.97 Å². The topological polar surface area (TPSA) is 65.4 Å². The summed E-state index contributed by atoms with van der Waals surface area (Å²) < 4.78 is 31.7. The number of rotatable bonds is 4. The van der Waals surface area contributed by atoms with E-state index in [-0.39, 0.29) is 10.6 Å². The number of methoxy groups -OCH3 is 1. The molecular formula is C18H18BrNO4S. The van der Waals surface area contributed by atoms with Crippen LogP contribution in [0.25, 0.3) is 10.9 Å². The molecule has 0 unspecified atom stereocenters. The van der Waals surface area contributed by atoms with E-state index >= 15 is 0 Å². The predicted octanol–water partition coefficient (Wildman–Crippen LogP) is 4.11. The molecule has 0 amide bonds. The minimum atomic E-state index is -3.83. The van der Waals surface area contributed by atoms with Crippen LogP contribution in [0.4, 0.5) is 0 Å². The Balaban J connectivity index is 0.000000511. The van der Waals surface area contributed by atoms with Gasteiger partial charge in [0.25, 0.3) is 10.0 Å². The molecule has 2 aromatic carbocycles. The van der Waals surface area contributed by atoms with Crippen LogP contribution < -0.4 is 0 Å². The monoisotopic (exact) mass is 423 g/mol. The molecule has 7 heteroatoms. The smallest absolute Gasteiger partial charge is 0.268 e. The van der Waals surface area contributed by atoms with Crippen molar-refractivity contribution in [1.29, 1.82) is 0 Å². The molecule has 25 heavy (non-hydrogen) atoms. The zero-order valence-electron chi connectivity index (χ0n) is 13.8. The second-order valence-electron chi connectivity index (χ2n) is 4.99. The maximum absolute atomic E-state index is 12.8. The van der Waals surface area contributed by atoms with Gasteiger partial charge in [-0.1, -0.05) is 36.4 Å². The van der Waals surface area contributed by atoms with E-state index < -0.39 is 10.0 Å². The number of fused-ring (bicyclic) bond motifs is 1. The number of aromatic nitrogens is 1. The van der Waals surface area contributed by atoms with Gasteiger partial charge in [-0.05, 0) is 41.1 Å². The summed E-state index contributed by atoms with van der Waals surface area (Å²) in [5.41, 5.74) is 0.551. The van der Waals surface area contributed by atoms with Crippen LogP contribution in [-0.4, -0.2) is 32.4 Å². The Hall–Kier alpha value is -1.96. The Morgan fingerprint density at radius 1 is 1.08 bits per heavy atom. The SMILES string of the molecule is CCOC.O=Cc1c(Br)c2ccccc2n1S(=O)(=O)c1ccccc1. The number of halogens is 1. The number of benzene rings is 2. The van der Waals surface area contributed by atoms with E-state index in [9.17, 15) is 13.2 Å². The predicted molar refractivity (Wildman–Crippen MR) is 102 cm³/mol. The second-order valence-corrected chi connectivity index (χ2v) is 7.57. The van der Waals surface area contributed by atoms with Crippen LogP contribution in [-0.2, 0) is 14.8 Å². The zero-order chi connectivity index (χ0) is 18.4. The highest BCUT2D eigenvalue weighted by Gasteiger charge is 2.25. The van der Waals surface area contributed by atoms with Crippen LogP contribution in [0.2, 0.25) is 0 Å². The van der Waals surface area contributed by atoms with Gasteiger partial charge in [-0.25, -0.2) is 12.4 Å². The fourth-order valence-corrected chi connectivity index (χ4v) is 4.50. The number of nitrogens with zero attached hydrogens (tertiary/aromatic N) is 1. The van der Waals surface area contributed by atoms with Crippen LogP contribution in [0.15, 0.2) is 64.0 Å². The Kier molecular flexibility index (Phi) is 6.52. The molecule has 0 aliphatic carbocycles. The molecule has 1 heterocycles. The molecule has 1 aromatic heterocycles. The lowest BCUT2D eigenvalue weighted by Crippen LogP contribution is -2.15. The summed E-state index contributed by atoms with van der Waals surface area (Å²) in [5, 5.41) is 0.680. The number of carbonyl (C=O) groups is 1. The lowest BCUT2D eigenvalue weighted by molar-refractivity contribution is 0.111. The molecule has 132 valence electrons. The minimum Gasteiger partial charge on any atom is -0.385 e. The number of hydrogen-bond acceptors (Lipinski definition) is 4. The first-order valence-electron chi connectivity index (χ1n) is 7.52. The van der Waals surface area contributed by atoms with E-state index in [1.807, 2.05) is 6.92 Å². The van der Waals surface area contributed by atoms with Gasteiger partial charge in [-0.2, -0.15) is 0 Å². The van der Waals surface area contributed by atoms with Crippen molar-refractivity contribution in [3.05, 3.63) is 64.8 Å². The molecule has 0 aliphatic heterocycles. The maximum Gasteiger partial charge on any atom is 0.268 e. The largest absolute Gasteiger partial charge is 0.385 e.